The lowest BCUT2D eigenvalue weighted by atomic mass is 10.2. The van der Waals surface area contributed by atoms with Gasteiger partial charge in [0, 0.05) is 5.39 Å². The van der Waals surface area contributed by atoms with Gasteiger partial charge in [0.1, 0.15) is 12.1 Å². The zero-order valence-corrected chi connectivity index (χ0v) is 10.5. The summed E-state index contributed by atoms with van der Waals surface area (Å²) in [6.07, 6.45) is 1.34. The molecular formula is C13H10N4O3. The van der Waals surface area contributed by atoms with Crippen molar-refractivity contribution in [1.29, 1.82) is 0 Å². The van der Waals surface area contributed by atoms with Crippen LogP contribution in [0.2, 0.25) is 0 Å². The first kappa shape index (κ1) is 12.1. The molecule has 2 aromatic heterocycles. The molecule has 1 N–H and O–H groups in total. The van der Waals surface area contributed by atoms with E-state index in [0.717, 1.165) is 5.39 Å². The predicted molar refractivity (Wildman–Crippen MR) is 70.8 cm³/mol. The Balaban J connectivity index is 2.13. The van der Waals surface area contributed by atoms with Gasteiger partial charge in [-0.05, 0) is 17.5 Å². The molecule has 0 amide bonds. The van der Waals surface area contributed by atoms with Gasteiger partial charge in [0.25, 0.3) is 11.4 Å². The molecule has 3 aromatic rings. The Kier molecular flexibility index (Phi) is 2.79. The summed E-state index contributed by atoms with van der Waals surface area (Å²) in [5.41, 5.74) is -0.229. The van der Waals surface area contributed by atoms with Crippen LogP contribution in [0.3, 0.4) is 0 Å². The van der Waals surface area contributed by atoms with Crippen molar-refractivity contribution in [2.24, 2.45) is 0 Å². The second-order valence-corrected chi connectivity index (χ2v) is 4.08. The van der Waals surface area contributed by atoms with Gasteiger partial charge in [0.15, 0.2) is 0 Å². The second kappa shape index (κ2) is 4.61. The third kappa shape index (κ3) is 1.95. The molecule has 20 heavy (non-hydrogen) atoms. The molecule has 0 spiro atoms. The Labute approximate surface area is 112 Å². The number of methoxy groups -OCH3 is 1. The summed E-state index contributed by atoms with van der Waals surface area (Å²) < 4.78 is 5.85. The maximum atomic E-state index is 12.0. The molecule has 3 rings (SSSR count). The highest BCUT2D eigenvalue weighted by Gasteiger charge is 2.12. The molecule has 100 valence electrons. The number of carbonyl (C=O) groups excluding carboxylic acids is 1. The third-order valence-electron chi connectivity index (χ3n) is 2.85. The molecule has 0 aliphatic rings. The molecule has 7 nitrogen and oxygen atoms in total. The van der Waals surface area contributed by atoms with Crippen LogP contribution in [0.4, 0.5) is 0 Å². The molecule has 0 aliphatic heterocycles. The molecule has 0 fully saturated rings. The Hall–Kier alpha value is -2.96. The second-order valence-electron chi connectivity index (χ2n) is 4.08. The summed E-state index contributed by atoms with van der Waals surface area (Å²) in [6, 6.07) is 8.95. The van der Waals surface area contributed by atoms with Crippen molar-refractivity contribution in [1.82, 2.24) is 19.7 Å². The fraction of sp³-hybridized carbons (Fsp3) is 0.0769. The van der Waals surface area contributed by atoms with E-state index >= 15 is 0 Å². The van der Waals surface area contributed by atoms with E-state index in [1.807, 2.05) is 12.1 Å². The average Bonchev–Trinajstić information content (AvgIpc) is 2.96. The van der Waals surface area contributed by atoms with Crippen molar-refractivity contribution in [2.75, 3.05) is 7.11 Å². The molecule has 0 bridgehead atoms. The van der Waals surface area contributed by atoms with Gasteiger partial charge in [-0.3, -0.25) is 4.79 Å². The van der Waals surface area contributed by atoms with Crippen LogP contribution >= 0.6 is 0 Å². The smallest absolute Gasteiger partial charge is 0.377 e. The van der Waals surface area contributed by atoms with E-state index in [-0.39, 0.29) is 11.4 Å². The molecule has 0 saturated heterocycles. The topological polar surface area (TPSA) is 89.9 Å². The molecule has 0 atom stereocenters. The van der Waals surface area contributed by atoms with Crippen LogP contribution in [0, 0.1) is 0 Å². The number of esters is 1. The number of nitrogens with zero attached hydrogens (tertiary/aromatic N) is 3. The normalized spacial score (nSPS) is 10.7. The molecule has 0 radical (unpaired) electrons. The zero-order chi connectivity index (χ0) is 14.1. The van der Waals surface area contributed by atoms with Crippen LogP contribution in [0.5, 0.6) is 0 Å². The third-order valence-corrected chi connectivity index (χ3v) is 2.85. The lowest BCUT2D eigenvalue weighted by Crippen LogP contribution is -2.12. The first-order valence-corrected chi connectivity index (χ1v) is 5.81. The quantitative estimate of drug-likeness (QED) is 0.698. The van der Waals surface area contributed by atoms with Crippen LogP contribution in [0.25, 0.3) is 16.6 Å². The highest BCUT2D eigenvalue weighted by Crippen LogP contribution is 2.12. The molecule has 0 saturated carbocycles. The summed E-state index contributed by atoms with van der Waals surface area (Å²) in [7, 11) is 1.25. The first-order chi connectivity index (χ1) is 9.69. The van der Waals surface area contributed by atoms with Gasteiger partial charge in [-0.2, -0.15) is 0 Å². The van der Waals surface area contributed by atoms with Crippen molar-refractivity contribution in [3.8, 4) is 5.82 Å². The summed E-state index contributed by atoms with van der Waals surface area (Å²) >= 11 is 0. The van der Waals surface area contributed by atoms with Crippen LogP contribution in [0.1, 0.15) is 10.6 Å². The lowest BCUT2D eigenvalue weighted by Gasteiger charge is -2.02. The fourth-order valence-electron chi connectivity index (χ4n) is 1.88. The molecule has 2 heterocycles. The number of fused-ring (bicyclic) bond motifs is 1. The SMILES string of the molecule is COC(=O)c1ncn(-c2cc3ccccc3c(=O)[nH]2)n1. The highest BCUT2D eigenvalue weighted by molar-refractivity contribution is 5.85. The molecular weight excluding hydrogens is 260 g/mol. The van der Waals surface area contributed by atoms with Gasteiger partial charge in [-0.15, -0.1) is 5.10 Å². The van der Waals surface area contributed by atoms with E-state index < -0.39 is 5.97 Å². The number of H-pyrrole nitrogens is 1. The minimum atomic E-state index is -0.633. The number of hydrogen-bond acceptors (Lipinski definition) is 5. The highest BCUT2D eigenvalue weighted by atomic mass is 16.5. The van der Waals surface area contributed by atoms with E-state index in [4.69, 9.17) is 0 Å². The molecule has 0 aliphatic carbocycles. The van der Waals surface area contributed by atoms with Gasteiger partial charge in [0.05, 0.1) is 7.11 Å². The van der Waals surface area contributed by atoms with E-state index in [2.05, 4.69) is 19.8 Å². The predicted octanol–water partition coefficient (Wildman–Crippen LogP) is 0.895. The molecule has 7 heteroatoms. The monoisotopic (exact) mass is 270 g/mol. The Morgan fingerprint density at radius 3 is 2.95 bits per heavy atom. The first-order valence-electron chi connectivity index (χ1n) is 5.81. The van der Waals surface area contributed by atoms with Gasteiger partial charge in [-0.25, -0.2) is 14.5 Å². The van der Waals surface area contributed by atoms with Crippen LogP contribution in [0.15, 0.2) is 41.5 Å². The van der Waals surface area contributed by atoms with Gasteiger partial charge < -0.3 is 9.72 Å². The maximum Gasteiger partial charge on any atom is 0.377 e. The maximum absolute atomic E-state index is 12.0. The van der Waals surface area contributed by atoms with E-state index in [1.54, 1.807) is 18.2 Å². The summed E-state index contributed by atoms with van der Waals surface area (Å²) in [6.45, 7) is 0. The zero-order valence-electron chi connectivity index (χ0n) is 10.5. The fourth-order valence-corrected chi connectivity index (χ4v) is 1.88. The lowest BCUT2D eigenvalue weighted by molar-refractivity contribution is 0.0587. The number of benzene rings is 1. The minimum Gasteiger partial charge on any atom is -0.463 e. The van der Waals surface area contributed by atoms with Crippen molar-refractivity contribution < 1.29 is 9.53 Å². The summed E-state index contributed by atoms with van der Waals surface area (Å²) in [5, 5.41) is 5.33. The summed E-state index contributed by atoms with van der Waals surface area (Å²) in [4.78, 5) is 29.8. The molecule has 1 aromatic carbocycles. The average molecular weight is 270 g/mol. The van der Waals surface area contributed by atoms with Crippen molar-refractivity contribution in [3.05, 3.63) is 52.8 Å². The number of hydrogen-bond donors (Lipinski definition) is 1. The van der Waals surface area contributed by atoms with Gasteiger partial charge in [-0.1, -0.05) is 18.2 Å². The largest absolute Gasteiger partial charge is 0.463 e. The van der Waals surface area contributed by atoms with Crippen LogP contribution in [-0.2, 0) is 4.74 Å². The van der Waals surface area contributed by atoms with Gasteiger partial charge >= 0.3 is 5.97 Å². The number of nitrogens with one attached hydrogen (secondary N) is 1. The van der Waals surface area contributed by atoms with Crippen LogP contribution in [-0.4, -0.2) is 32.8 Å². The van der Waals surface area contributed by atoms with Gasteiger partial charge in [0.2, 0.25) is 0 Å². The number of aromatic amines is 1. The minimum absolute atomic E-state index is 0.0680. The Morgan fingerprint density at radius 2 is 2.15 bits per heavy atom. The number of carbonyl (C=O) groups is 1. The van der Waals surface area contributed by atoms with Crippen molar-refractivity contribution in [3.63, 3.8) is 0 Å². The van der Waals surface area contributed by atoms with Crippen LogP contribution < -0.4 is 5.56 Å². The van der Waals surface area contributed by atoms with Crippen molar-refractivity contribution >= 4 is 16.7 Å². The number of aromatic nitrogens is 4. The number of ether oxygens (including phenoxy) is 1. The Morgan fingerprint density at radius 1 is 1.35 bits per heavy atom. The molecule has 0 unspecified atom stereocenters. The van der Waals surface area contributed by atoms with E-state index in [0.29, 0.717) is 11.2 Å². The Bertz CT molecular complexity index is 850. The number of pyridine rings is 1. The standard InChI is InChI=1S/C13H10N4O3/c1-20-13(19)11-14-7-17(16-11)10-6-8-4-2-3-5-9(8)12(18)15-10/h2-7H,1H3,(H,15,18). The van der Waals surface area contributed by atoms with E-state index in [1.165, 1.54) is 18.1 Å². The van der Waals surface area contributed by atoms with E-state index in [9.17, 15) is 9.59 Å². The van der Waals surface area contributed by atoms with Crippen molar-refractivity contribution in [2.45, 2.75) is 0 Å². The number of rotatable bonds is 2. The summed E-state index contributed by atoms with van der Waals surface area (Å²) in [5.74, 6) is -0.273.